The second-order valence-electron chi connectivity index (χ2n) is 6.16. The van der Waals surface area contributed by atoms with E-state index in [9.17, 15) is 18.0 Å². The average Bonchev–Trinajstić information content (AvgIpc) is 2.59. The molecule has 0 aliphatic carbocycles. The average molecular weight is 338 g/mol. The van der Waals surface area contributed by atoms with Crippen molar-refractivity contribution in [3.05, 3.63) is 0 Å². The molecule has 0 spiro atoms. The smallest absolute Gasteiger partial charge is 0.321 e. The Labute approximate surface area is 129 Å². The second kappa shape index (κ2) is 6.13. The SMILES string of the molecule is CC1(NC(=O)CSC(C)(C)[C@H](N)C(=O)O)CCS(=O)(=O)C1. The lowest BCUT2D eigenvalue weighted by molar-refractivity contribution is -0.139. The van der Waals surface area contributed by atoms with Crippen LogP contribution in [0.1, 0.15) is 27.2 Å². The molecule has 1 amide bonds. The van der Waals surface area contributed by atoms with E-state index in [2.05, 4.69) is 5.32 Å². The highest BCUT2D eigenvalue weighted by atomic mass is 32.2. The number of aliphatic carboxylic acids is 1. The minimum absolute atomic E-state index is 0.0314. The Kier molecular flexibility index (Phi) is 5.33. The number of hydrogen-bond acceptors (Lipinski definition) is 6. The van der Waals surface area contributed by atoms with E-state index in [4.69, 9.17) is 10.8 Å². The number of rotatable bonds is 6. The largest absolute Gasteiger partial charge is 0.480 e. The standard InChI is InChI=1S/C12H22N2O5S2/c1-11(2,9(13)10(16)17)20-6-8(15)14-12(3)4-5-21(18,19)7-12/h9H,4-7,13H2,1-3H3,(H,14,15)(H,16,17)/t9-,12?/m1/s1. The third kappa shape index (κ3) is 5.15. The zero-order chi connectivity index (χ0) is 16.5. The third-order valence-electron chi connectivity index (χ3n) is 3.53. The predicted molar refractivity (Wildman–Crippen MR) is 82.0 cm³/mol. The van der Waals surface area contributed by atoms with Crippen LogP contribution in [0.15, 0.2) is 0 Å². The maximum absolute atomic E-state index is 11.9. The van der Waals surface area contributed by atoms with Gasteiger partial charge in [0.25, 0.3) is 0 Å². The normalized spacial score (nSPS) is 26.3. The first-order valence-corrected chi connectivity index (χ1v) is 9.31. The molecule has 0 aromatic heterocycles. The van der Waals surface area contributed by atoms with Crippen molar-refractivity contribution in [1.29, 1.82) is 0 Å². The molecule has 122 valence electrons. The number of hydrogen-bond donors (Lipinski definition) is 3. The predicted octanol–water partition coefficient (Wildman–Crippen LogP) is -0.396. The number of carbonyl (C=O) groups excluding carboxylic acids is 1. The quantitative estimate of drug-likeness (QED) is 0.601. The lowest BCUT2D eigenvalue weighted by atomic mass is 10.0. The highest BCUT2D eigenvalue weighted by Gasteiger charge is 2.40. The Hall–Kier alpha value is -0.800. The number of carboxylic acids is 1. The molecule has 21 heavy (non-hydrogen) atoms. The molecule has 0 bridgehead atoms. The summed E-state index contributed by atoms with van der Waals surface area (Å²) in [4.78, 5) is 22.8. The Bertz CT molecular complexity index is 532. The molecular formula is C12H22N2O5S2. The van der Waals surface area contributed by atoms with Gasteiger partial charge in [0, 0.05) is 4.75 Å². The van der Waals surface area contributed by atoms with Gasteiger partial charge >= 0.3 is 5.97 Å². The molecule has 7 nitrogen and oxygen atoms in total. The molecule has 0 aromatic carbocycles. The van der Waals surface area contributed by atoms with Gasteiger partial charge in [-0.3, -0.25) is 9.59 Å². The van der Waals surface area contributed by atoms with E-state index >= 15 is 0 Å². The first-order valence-electron chi connectivity index (χ1n) is 6.51. The lowest BCUT2D eigenvalue weighted by Crippen LogP contribution is -2.50. The van der Waals surface area contributed by atoms with Gasteiger partial charge in [0.1, 0.15) is 6.04 Å². The van der Waals surface area contributed by atoms with Crippen LogP contribution in [0, 0.1) is 0 Å². The summed E-state index contributed by atoms with van der Waals surface area (Å²) < 4.78 is 22.1. The van der Waals surface area contributed by atoms with Gasteiger partial charge in [-0.05, 0) is 27.2 Å². The first-order chi connectivity index (χ1) is 9.37. The number of nitrogens with two attached hydrogens (primary N) is 1. The minimum Gasteiger partial charge on any atom is -0.480 e. The number of amides is 1. The van der Waals surface area contributed by atoms with Crippen molar-refractivity contribution in [2.24, 2.45) is 5.73 Å². The highest BCUT2D eigenvalue weighted by molar-refractivity contribution is 8.01. The van der Waals surface area contributed by atoms with E-state index in [1.807, 2.05) is 0 Å². The van der Waals surface area contributed by atoms with Crippen LogP contribution < -0.4 is 11.1 Å². The van der Waals surface area contributed by atoms with Gasteiger partial charge in [0.15, 0.2) is 9.84 Å². The van der Waals surface area contributed by atoms with Crippen LogP contribution >= 0.6 is 11.8 Å². The third-order valence-corrected chi connectivity index (χ3v) is 6.84. The summed E-state index contributed by atoms with van der Waals surface area (Å²) in [5.41, 5.74) is 4.83. The molecule has 9 heteroatoms. The topological polar surface area (TPSA) is 127 Å². The van der Waals surface area contributed by atoms with Gasteiger partial charge in [-0.2, -0.15) is 0 Å². The monoisotopic (exact) mass is 338 g/mol. The number of carboxylic acid groups (broad SMARTS) is 1. The van der Waals surface area contributed by atoms with E-state index in [-0.39, 0.29) is 23.2 Å². The van der Waals surface area contributed by atoms with Crippen molar-refractivity contribution < 1.29 is 23.1 Å². The lowest BCUT2D eigenvalue weighted by Gasteiger charge is -2.29. The summed E-state index contributed by atoms with van der Waals surface area (Å²) >= 11 is 1.14. The van der Waals surface area contributed by atoms with Crippen molar-refractivity contribution in [1.82, 2.24) is 5.32 Å². The maximum Gasteiger partial charge on any atom is 0.321 e. The molecule has 1 unspecified atom stereocenters. The van der Waals surface area contributed by atoms with Gasteiger partial charge in [-0.25, -0.2) is 8.42 Å². The van der Waals surface area contributed by atoms with E-state index in [1.165, 1.54) is 0 Å². The van der Waals surface area contributed by atoms with Crippen LogP contribution in [-0.4, -0.2) is 59.0 Å². The molecule has 1 fully saturated rings. The molecule has 0 aromatic rings. The Morgan fingerprint density at radius 1 is 1.48 bits per heavy atom. The summed E-state index contributed by atoms with van der Waals surface area (Å²) in [6.07, 6.45) is 0.393. The van der Waals surface area contributed by atoms with Crippen LogP contribution in [0.5, 0.6) is 0 Å². The molecular weight excluding hydrogens is 316 g/mol. The van der Waals surface area contributed by atoms with Gasteiger partial charge in [-0.1, -0.05) is 0 Å². The second-order valence-corrected chi connectivity index (χ2v) is 9.97. The number of nitrogens with one attached hydrogen (secondary N) is 1. The first kappa shape index (κ1) is 18.2. The number of thioether (sulfide) groups is 1. The molecule has 0 radical (unpaired) electrons. The molecule has 1 rings (SSSR count). The van der Waals surface area contributed by atoms with Crippen molar-refractivity contribution >= 4 is 33.5 Å². The van der Waals surface area contributed by atoms with Crippen LogP contribution in [-0.2, 0) is 19.4 Å². The van der Waals surface area contributed by atoms with Gasteiger partial charge in [0.2, 0.25) is 5.91 Å². The molecule has 0 saturated carbocycles. The number of carbonyl (C=O) groups is 2. The van der Waals surface area contributed by atoms with Crippen LogP contribution in [0.3, 0.4) is 0 Å². The summed E-state index contributed by atoms with van der Waals surface area (Å²) in [5, 5.41) is 11.6. The van der Waals surface area contributed by atoms with E-state index in [1.54, 1.807) is 20.8 Å². The Morgan fingerprint density at radius 3 is 2.48 bits per heavy atom. The Balaban J connectivity index is 2.54. The van der Waals surface area contributed by atoms with Crippen molar-refractivity contribution in [2.75, 3.05) is 17.3 Å². The molecule has 1 heterocycles. The molecule has 2 atom stereocenters. The zero-order valence-electron chi connectivity index (χ0n) is 12.4. The highest BCUT2D eigenvalue weighted by Crippen LogP contribution is 2.28. The molecule has 4 N–H and O–H groups in total. The molecule has 1 aliphatic rings. The Morgan fingerprint density at radius 2 is 2.05 bits per heavy atom. The summed E-state index contributed by atoms with van der Waals surface area (Å²) in [5.74, 6) is -1.39. The van der Waals surface area contributed by atoms with Crippen molar-refractivity contribution in [3.8, 4) is 0 Å². The van der Waals surface area contributed by atoms with E-state index in [0.717, 1.165) is 11.8 Å². The fourth-order valence-electron chi connectivity index (χ4n) is 2.12. The van der Waals surface area contributed by atoms with Crippen molar-refractivity contribution in [2.45, 2.75) is 43.5 Å². The zero-order valence-corrected chi connectivity index (χ0v) is 14.0. The minimum atomic E-state index is -3.09. The van der Waals surface area contributed by atoms with Gasteiger partial charge in [-0.15, -0.1) is 11.8 Å². The van der Waals surface area contributed by atoms with Crippen LogP contribution in [0.2, 0.25) is 0 Å². The summed E-state index contributed by atoms with van der Waals surface area (Å²) in [7, 11) is -3.09. The van der Waals surface area contributed by atoms with Gasteiger partial charge in [0.05, 0.1) is 22.8 Å². The molecule has 1 aliphatic heterocycles. The maximum atomic E-state index is 11.9. The number of sulfone groups is 1. The summed E-state index contributed by atoms with van der Waals surface area (Å²) in [6.45, 7) is 5.02. The van der Waals surface area contributed by atoms with E-state index in [0.29, 0.717) is 6.42 Å². The fraction of sp³-hybridized carbons (Fsp3) is 0.833. The van der Waals surface area contributed by atoms with Gasteiger partial charge < -0.3 is 16.2 Å². The van der Waals surface area contributed by atoms with E-state index < -0.39 is 32.1 Å². The van der Waals surface area contributed by atoms with Crippen molar-refractivity contribution in [3.63, 3.8) is 0 Å². The van der Waals surface area contributed by atoms with Crippen LogP contribution in [0.25, 0.3) is 0 Å². The molecule has 1 saturated heterocycles. The fourth-order valence-corrected chi connectivity index (χ4v) is 5.07. The van der Waals surface area contributed by atoms with Crippen LogP contribution in [0.4, 0.5) is 0 Å². The summed E-state index contributed by atoms with van der Waals surface area (Å²) in [6, 6.07) is -1.09.